The van der Waals surface area contributed by atoms with Gasteiger partial charge in [-0.15, -0.1) is 0 Å². The first-order valence-electron chi connectivity index (χ1n) is 8.58. The largest absolute Gasteiger partial charge is 0.490 e. The molecule has 124 valence electrons. The standard InChI is InChI=1S/C19H25NO3/c21-18(20-14-19(22)11-4-12-19)10-9-15-5-3-8-17(13-15)23-16-6-1-2-7-16/h3,5,8-10,13,16,22H,1-2,4,6-7,11-12,14H2,(H,20,21). The summed E-state index contributed by atoms with van der Waals surface area (Å²) in [6.07, 6.45) is 11.0. The quantitative estimate of drug-likeness (QED) is 0.793. The summed E-state index contributed by atoms with van der Waals surface area (Å²) in [6, 6.07) is 7.81. The second-order valence-electron chi connectivity index (χ2n) is 6.73. The molecule has 2 N–H and O–H groups in total. The van der Waals surface area contributed by atoms with Crippen LogP contribution in [0, 0.1) is 0 Å². The molecule has 2 saturated carbocycles. The van der Waals surface area contributed by atoms with Gasteiger partial charge < -0.3 is 15.2 Å². The molecule has 0 radical (unpaired) electrons. The van der Waals surface area contributed by atoms with Crippen molar-refractivity contribution < 1.29 is 14.6 Å². The van der Waals surface area contributed by atoms with Gasteiger partial charge in [-0.1, -0.05) is 12.1 Å². The lowest BCUT2D eigenvalue weighted by Gasteiger charge is -2.36. The molecule has 2 aliphatic rings. The van der Waals surface area contributed by atoms with Crippen molar-refractivity contribution >= 4 is 12.0 Å². The summed E-state index contributed by atoms with van der Waals surface area (Å²) >= 11 is 0. The van der Waals surface area contributed by atoms with Gasteiger partial charge in [-0.3, -0.25) is 4.79 Å². The second kappa shape index (κ2) is 7.18. The lowest BCUT2D eigenvalue weighted by Crippen LogP contribution is -2.47. The van der Waals surface area contributed by atoms with Crippen molar-refractivity contribution in [3.05, 3.63) is 35.9 Å². The highest BCUT2D eigenvalue weighted by atomic mass is 16.5. The van der Waals surface area contributed by atoms with Gasteiger partial charge in [0, 0.05) is 12.6 Å². The lowest BCUT2D eigenvalue weighted by molar-refractivity contribution is -0.118. The highest BCUT2D eigenvalue weighted by Gasteiger charge is 2.34. The number of benzene rings is 1. The first-order valence-corrected chi connectivity index (χ1v) is 8.58. The van der Waals surface area contributed by atoms with Gasteiger partial charge in [0.15, 0.2) is 0 Å². The van der Waals surface area contributed by atoms with Crippen LogP contribution in [-0.2, 0) is 4.79 Å². The monoisotopic (exact) mass is 315 g/mol. The number of hydrogen-bond donors (Lipinski definition) is 2. The fourth-order valence-electron chi connectivity index (χ4n) is 3.13. The lowest BCUT2D eigenvalue weighted by atomic mass is 9.80. The average Bonchev–Trinajstić information content (AvgIpc) is 3.02. The Labute approximate surface area is 137 Å². The molecule has 23 heavy (non-hydrogen) atoms. The number of ether oxygens (including phenoxy) is 1. The van der Waals surface area contributed by atoms with Crippen LogP contribution < -0.4 is 10.1 Å². The van der Waals surface area contributed by atoms with Crippen molar-refractivity contribution in [2.45, 2.75) is 56.7 Å². The summed E-state index contributed by atoms with van der Waals surface area (Å²) in [5.41, 5.74) is 0.261. The molecule has 2 fully saturated rings. The molecule has 3 rings (SSSR count). The maximum atomic E-state index is 11.8. The number of carbonyl (C=O) groups excluding carboxylic acids is 1. The van der Waals surface area contributed by atoms with Crippen LogP contribution in [0.4, 0.5) is 0 Å². The SMILES string of the molecule is O=C(C=Cc1cccc(OC2CCCC2)c1)NCC1(O)CCC1. The summed E-state index contributed by atoms with van der Waals surface area (Å²) < 4.78 is 5.97. The Morgan fingerprint density at radius 3 is 2.78 bits per heavy atom. The van der Waals surface area contributed by atoms with Gasteiger partial charge in [0.2, 0.25) is 5.91 Å². The third-order valence-electron chi connectivity index (χ3n) is 4.77. The normalized spacial score (nSPS) is 20.4. The van der Waals surface area contributed by atoms with E-state index in [1.165, 1.54) is 18.9 Å². The zero-order valence-corrected chi connectivity index (χ0v) is 13.5. The Bertz CT molecular complexity index is 572. The third-order valence-corrected chi connectivity index (χ3v) is 4.77. The van der Waals surface area contributed by atoms with Crippen LogP contribution in [-0.4, -0.2) is 29.3 Å². The van der Waals surface area contributed by atoms with E-state index in [1.54, 1.807) is 6.08 Å². The number of hydrogen-bond acceptors (Lipinski definition) is 3. The molecule has 4 nitrogen and oxygen atoms in total. The second-order valence-corrected chi connectivity index (χ2v) is 6.73. The molecule has 0 saturated heterocycles. The zero-order valence-electron chi connectivity index (χ0n) is 13.5. The number of aliphatic hydroxyl groups is 1. The number of amides is 1. The third kappa shape index (κ3) is 4.58. The number of carbonyl (C=O) groups is 1. The van der Waals surface area contributed by atoms with Crippen molar-refractivity contribution in [3.63, 3.8) is 0 Å². The van der Waals surface area contributed by atoms with Gasteiger partial charge in [0.1, 0.15) is 5.75 Å². The maximum absolute atomic E-state index is 11.8. The molecule has 0 aliphatic heterocycles. The minimum absolute atomic E-state index is 0.174. The zero-order chi connectivity index (χ0) is 16.1. The van der Waals surface area contributed by atoms with Gasteiger partial charge in [0.05, 0.1) is 11.7 Å². The Hall–Kier alpha value is -1.81. The molecule has 0 heterocycles. The Morgan fingerprint density at radius 2 is 2.09 bits per heavy atom. The van der Waals surface area contributed by atoms with Crippen LogP contribution in [0.5, 0.6) is 5.75 Å². The molecule has 0 aromatic heterocycles. The Kier molecular flexibility index (Phi) is 5.01. The summed E-state index contributed by atoms with van der Waals surface area (Å²) in [5, 5.41) is 12.7. The van der Waals surface area contributed by atoms with Crippen molar-refractivity contribution in [2.75, 3.05) is 6.54 Å². The fraction of sp³-hybridized carbons (Fsp3) is 0.526. The molecular weight excluding hydrogens is 290 g/mol. The van der Waals surface area contributed by atoms with Gasteiger partial charge in [-0.05, 0) is 68.7 Å². The molecule has 4 heteroatoms. The van der Waals surface area contributed by atoms with Gasteiger partial charge in [-0.25, -0.2) is 0 Å². The Balaban J connectivity index is 1.50. The van der Waals surface area contributed by atoms with Crippen LogP contribution >= 0.6 is 0 Å². The molecular formula is C19H25NO3. The minimum Gasteiger partial charge on any atom is -0.490 e. The molecule has 1 aromatic carbocycles. The van der Waals surface area contributed by atoms with E-state index >= 15 is 0 Å². The van der Waals surface area contributed by atoms with E-state index in [0.29, 0.717) is 12.6 Å². The van der Waals surface area contributed by atoms with E-state index in [1.807, 2.05) is 24.3 Å². The Morgan fingerprint density at radius 1 is 1.30 bits per heavy atom. The highest BCUT2D eigenvalue weighted by molar-refractivity contribution is 5.91. The van der Waals surface area contributed by atoms with E-state index in [4.69, 9.17) is 4.74 Å². The maximum Gasteiger partial charge on any atom is 0.244 e. The van der Waals surface area contributed by atoms with Crippen LogP contribution in [0.25, 0.3) is 6.08 Å². The summed E-state index contributed by atoms with van der Waals surface area (Å²) in [7, 11) is 0. The molecule has 0 atom stereocenters. The minimum atomic E-state index is -0.682. The smallest absolute Gasteiger partial charge is 0.244 e. The van der Waals surface area contributed by atoms with Crippen LogP contribution in [0.3, 0.4) is 0 Å². The predicted octanol–water partition coefficient (Wildman–Crippen LogP) is 3.05. The summed E-state index contributed by atoms with van der Waals surface area (Å²) in [5.74, 6) is 0.690. The van der Waals surface area contributed by atoms with E-state index in [2.05, 4.69) is 5.32 Å². The van der Waals surface area contributed by atoms with Gasteiger partial charge >= 0.3 is 0 Å². The molecule has 0 bridgehead atoms. The summed E-state index contributed by atoms with van der Waals surface area (Å²) in [4.78, 5) is 11.8. The van der Waals surface area contributed by atoms with Gasteiger partial charge in [0.25, 0.3) is 0 Å². The van der Waals surface area contributed by atoms with Crippen LogP contribution in [0.1, 0.15) is 50.5 Å². The first-order chi connectivity index (χ1) is 11.1. The van der Waals surface area contributed by atoms with E-state index in [9.17, 15) is 9.90 Å². The molecule has 0 spiro atoms. The van der Waals surface area contributed by atoms with E-state index in [-0.39, 0.29) is 5.91 Å². The van der Waals surface area contributed by atoms with Crippen LogP contribution in [0.2, 0.25) is 0 Å². The van der Waals surface area contributed by atoms with Crippen LogP contribution in [0.15, 0.2) is 30.3 Å². The van der Waals surface area contributed by atoms with Crippen molar-refractivity contribution in [1.82, 2.24) is 5.32 Å². The molecule has 1 amide bonds. The molecule has 2 aliphatic carbocycles. The number of nitrogens with one attached hydrogen (secondary N) is 1. The van der Waals surface area contributed by atoms with Crippen molar-refractivity contribution in [1.29, 1.82) is 0 Å². The predicted molar refractivity (Wildman–Crippen MR) is 90.2 cm³/mol. The highest BCUT2D eigenvalue weighted by Crippen LogP contribution is 2.30. The topological polar surface area (TPSA) is 58.6 Å². The first kappa shape index (κ1) is 16.1. The van der Waals surface area contributed by atoms with E-state index in [0.717, 1.165) is 43.4 Å². The fourth-order valence-corrected chi connectivity index (χ4v) is 3.13. The average molecular weight is 315 g/mol. The number of rotatable bonds is 6. The van der Waals surface area contributed by atoms with Gasteiger partial charge in [-0.2, -0.15) is 0 Å². The molecule has 0 unspecified atom stereocenters. The molecule has 1 aromatic rings. The summed E-state index contributed by atoms with van der Waals surface area (Å²) in [6.45, 7) is 0.334. The van der Waals surface area contributed by atoms with Crippen molar-refractivity contribution in [2.24, 2.45) is 0 Å². The van der Waals surface area contributed by atoms with Crippen molar-refractivity contribution in [3.8, 4) is 5.75 Å². The van der Waals surface area contributed by atoms with E-state index < -0.39 is 5.60 Å².